The molecular weight excluding hydrogens is 379 g/mol. The highest BCUT2D eigenvalue weighted by Gasteiger charge is 2.19. The van der Waals surface area contributed by atoms with Gasteiger partial charge in [0, 0.05) is 0 Å². The van der Waals surface area contributed by atoms with Crippen LogP contribution in [0.15, 0.2) is 83.8 Å². The highest BCUT2D eigenvalue weighted by Crippen LogP contribution is 2.21. The summed E-state index contributed by atoms with van der Waals surface area (Å²) in [6.45, 7) is 1.77. The van der Waals surface area contributed by atoms with Gasteiger partial charge in [0.15, 0.2) is 0 Å². The Labute approximate surface area is 163 Å². The fraction of sp³-hybridized carbons (Fsp3) is 0.0952. The summed E-state index contributed by atoms with van der Waals surface area (Å²) in [7, 11) is -3.83. The highest BCUT2D eigenvalue weighted by molar-refractivity contribution is 7.92. The highest BCUT2D eigenvalue weighted by atomic mass is 32.2. The van der Waals surface area contributed by atoms with Crippen molar-refractivity contribution in [3.63, 3.8) is 0 Å². The Balaban J connectivity index is 1.81. The Kier molecular flexibility index (Phi) is 5.75. The molecule has 0 spiro atoms. The van der Waals surface area contributed by atoms with Crippen LogP contribution in [-0.2, 0) is 10.0 Å². The molecule has 0 aliphatic carbocycles. The number of hydrogen-bond acceptors (Lipinski definition) is 3. The van der Waals surface area contributed by atoms with E-state index in [9.17, 15) is 17.6 Å². The van der Waals surface area contributed by atoms with Gasteiger partial charge in [0.1, 0.15) is 5.82 Å². The smallest absolute Gasteiger partial charge is 0.261 e. The minimum atomic E-state index is -3.83. The molecule has 7 heteroatoms. The zero-order chi connectivity index (χ0) is 20.1. The Morgan fingerprint density at radius 1 is 0.893 bits per heavy atom. The second-order valence-corrected chi connectivity index (χ2v) is 7.89. The van der Waals surface area contributed by atoms with Crippen molar-refractivity contribution in [2.45, 2.75) is 17.9 Å². The average Bonchev–Trinajstić information content (AvgIpc) is 2.69. The number of halogens is 1. The summed E-state index contributed by atoms with van der Waals surface area (Å²) in [6.07, 6.45) is 0. The van der Waals surface area contributed by atoms with Gasteiger partial charge in [0.05, 0.1) is 22.2 Å². The van der Waals surface area contributed by atoms with Gasteiger partial charge in [-0.25, -0.2) is 12.8 Å². The van der Waals surface area contributed by atoms with Crippen LogP contribution >= 0.6 is 0 Å². The van der Waals surface area contributed by atoms with E-state index < -0.39 is 15.9 Å². The SMILES string of the molecule is C[C@@H](NC(=O)c1ccccc1NS(=O)(=O)c1ccccc1)c1ccc(F)cc1. The second-order valence-electron chi connectivity index (χ2n) is 6.21. The third kappa shape index (κ3) is 4.55. The summed E-state index contributed by atoms with van der Waals surface area (Å²) < 4.78 is 40.7. The monoisotopic (exact) mass is 398 g/mol. The van der Waals surface area contributed by atoms with E-state index in [4.69, 9.17) is 0 Å². The second kappa shape index (κ2) is 8.22. The van der Waals surface area contributed by atoms with Gasteiger partial charge in [-0.2, -0.15) is 0 Å². The quantitative estimate of drug-likeness (QED) is 0.656. The lowest BCUT2D eigenvalue weighted by Gasteiger charge is -2.17. The molecule has 0 heterocycles. The van der Waals surface area contributed by atoms with Crippen molar-refractivity contribution < 1.29 is 17.6 Å². The molecule has 2 N–H and O–H groups in total. The molecule has 0 saturated carbocycles. The minimum Gasteiger partial charge on any atom is -0.345 e. The van der Waals surface area contributed by atoms with Gasteiger partial charge in [0.2, 0.25) is 0 Å². The first kappa shape index (κ1) is 19.6. The van der Waals surface area contributed by atoms with Crippen LogP contribution in [0.3, 0.4) is 0 Å². The van der Waals surface area contributed by atoms with Crippen LogP contribution in [0.2, 0.25) is 0 Å². The lowest BCUT2D eigenvalue weighted by Crippen LogP contribution is -2.28. The van der Waals surface area contributed by atoms with Crippen molar-refractivity contribution in [1.82, 2.24) is 5.32 Å². The van der Waals surface area contributed by atoms with E-state index in [0.717, 1.165) is 5.56 Å². The van der Waals surface area contributed by atoms with Crippen molar-refractivity contribution in [3.05, 3.63) is 95.8 Å². The van der Waals surface area contributed by atoms with Crippen molar-refractivity contribution in [2.75, 3.05) is 4.72 Å². The first-order valence-electron chi connectivity index (χ1n) is 8.60. The molecule has 1 amide bonds. The van der Waals surface area contributed by atoms with Crippen LogP contribution in [0.1, 0.15) is 28.9 Å². The molecule has 28 heavy (non-hydrogen) atoms. The Hall–Kier alpha value is -3.19. The number of carbonyl (C=O) groups excluding carboxylic acids is 1. The van der Waals surface area contributed by atoms with Crippen LogP contribution < -0.4 is 10.0 Å². The van der Waals surface area contributed by atoms with Crippen LogP contribution in [0.4, 0.5) is 10.1 Å². The molecular formula is C21H19FN2O3S. The van der Waals surface area contributed by atoms with Crippen LogP contribution in [-0.4, -0.2) is 14.3 Å². The summed E-state index contributed by atoms with van der Waals surface area (Å²) in [5.41, 5.74) is 1.10. The molecule has 1 atom stereocenters. The predicted molar refractivity (Wildman–Crippen MR) is 106 cm³/mol. The van der Waals surface area contributed by atoms with E-state index in [0.29, 0.717) is 0 Å². The molecule has 0 fully saturated rings. The predicted octanol–water partition coefficient (Wildman–Crippen LogP) is 4.12. The number of nitrogens with one attached hydrogen (secondary N) is 2. The standard InChI is InChI=1S/C21H19FN2O3S/c1-15(16-11-13-17(22)14-12-16)23-21(25)19-9-5-6-10-20(19)24-28(26,27)18-7-3-2-4-8-18/h2-15,24H,1H3,(H,23,25)/t15-/m1/s1. The minimum absolute atomic E-state index is 0.102. The van der Waals surface area contributed by atoms with Gasteiger partial charge in [0.25, 0.3) is 15.9 Å². The molecule has 0 saturated heterocycles. The molecule has 144 valence electrons. The number of rotatable bonds is 6. The van der Waals surface area contributed by atoms with E-state index in [1.165, 1.54) is 36.4 Å². The maximum atomic E-state index is 13.1. The van der Waals surface area contributed by atoms with E-state index in [1.54, 1.807) is 49.4 Å². The van der Waals surface area contributed by atoms with Gasteiger partial charge in [-0.1, -0.05) is 42.5 Å². The summed E-state index contributed by atoms with van der Waals surface area (Å²) in [5.74, 6) is -0.800. The molecule has 3 rings (SSSR count). The largest absolute Gasteiger partial charge is 0.345 e. The lowest BCUT2D eigenvalue weighted by molar-refractivity contribution is 0.0941. The number of benzene rings is 3. The molecule has 5 nitrogen and oxygen atoms in total. The molecule has 0 unspecified atom stereocenters. The van der Waals surface area contributed by atoms with E-state index in [1.807, 2.05) is 0 Å². The summed E-state index contributed by atoms with van der Waals surface area (Å²) in [6, 6.07) is 19.7. The maximum Gasteiger partial charge on any atom is 0.261 e. The van der Waals surface area contributed by atoms with Crippen LogP contribution in [0.25, 0.3) is 0 Å². The molecule has 0 aliphatic heterocycles. The number of amides is 1. The molecule has 0 aliphatic rings. The van der Waals surface area contributed by atoms with E-state index >= 15 is 0 Å². The van der Waals surface area contributed by atoms with Gasteiger partial charge < -0.3 is 5.32 Å². The van der Waals surface area contributed by atoms with E-state index in [2.05, 4.69) is 10.0 Å². The van der Waals surface area contributed by atoms with Gasteiger partial charge in [-0.15, -0.1) is 0 Å². The number of sulfonamides is 1. The number of hydrogen-bond donors (Lipinski definition) is 2. The zero-order valence-corrected chi connectivity index (χ0v) is 15.9. The van der Waals surface area contributed by atoms with Gasteiger partial charge >= 0.3 is 0 Å². The maximum absolute atomic E-state index is 13.1. The van der Waals surface area contributed by atoms with E-state index in [-0.39, 0.29) is 28.0 Å². The lowest BCUT2D eigenvalue weighted by atomic mass is 10.1. The topological polar surface area (TPSA) is 75.3 Å². The summed E-state index contributed by atoms with van der Waals surface area (Å²) in [4.78, 5) is 12.8. The first-order chi connectivity index (χ1) is 13.4. The van der Waals surface area contributed by atoms with Crippen molar-refractivity contribution >= 4 is 21.6 Å². The average molecular weight is 398 g/mol. The first-order valence-corrected chi connectivity index (χ1v) is 10.1. The van der Waals surface area contributed by atoms with Crippen molar-refractivity contribution in [2.24, 2.45) is 0 Å². The third-order valence-corrected chi connectivity index (χ3v) is 5.57. The van der Waals surface area contributed by atoms with Crippen LogP contribution in [0.5, 0.6) is 0 Å². The van der Waals surface area contributed by atoms with Crippen molar-refractivity contribution in [1.29, 1.82) is 0 Å². The molecule has 0 radical (unpaired) electrons. The number of carbonyl (C=O) groups is 1. The fourth-order valence-corrected chi connectivity index (χ4v) is 3.78. The normalized spacial score (nSPS) is 12.2. The molecule has 0 bridgehead atoms. The van der Waals surface area contributed by atoms with Gasteiger partial charge in [-0.3, -0.25) is 9.52 Å². The molecule has 3 aromatic rings. The zero-order valence-electron chi connectivity index (χ0n) is 15.1. The molecule has 3 aromatic carbocycles. The van der Waals surface area contributed by atoms with Gasteiger partial charge in [-0.05, 0) is 48.9 Å². The summed E-state index contributed by atoms with van der Waals surface area (Å²) in [5, 5.41) is 2.80. The fourth-order valence-electron chi connectivity index (χ4n) is 2.68. The Morgan fingerprint density at radius 3 is 2.18 bits per heavy atom. The Morgan fingerprint density at radius 2 is 1.50 bits per heavy atom. The van der Waals surface area contributed by atoms with Crippen LogP contribution in [0, 0.1) is 5.82 Å². The van der Waals surface area contributed by atoms with Crippen molar-refractivity contribution in [3.8, 4) is 0 Å². The number of para-hydroxylation sites is 1. The number of anilines is 1. The Bertz CT molecular complexity index is 1070. The molecule has 0 aromatic heterocycles. The summed E-state index contributed by atoms with van der Waals surface area (Å²) >= 11 is 0. The third-order valence-electron chi connectivity index (χ3n) is 4.19.